The molecule has 11 nitrogen and oxygen atoms in total. The van der Waals surface area contributed by atoms with E-state index in [-0.39, 0.29) is 25.7 Å². The van der Waals surface area contributed by atoms with Crippen molar-refractivity contribution >= 4 is 24.6 Å². The van der Waals surface area contributed by atoms with E-state index >= 15 is 0 Å². The Morgan fingerprint density at radius 1 is 1.20 bits per heavy atom. The Labute approximate surface area is 144 Å². The van der Waals surface area contributed by atoms with E-state index in [2.05, 4.69) is 15.0 Å². The second-order valence-corrected chi connectivity index (χ2v) is 6.79. The highest BCUT2D eigenvalue weighted by Crippen LogP contribution is 2.48. The fourth-order valence-corrected chi connectivity index (χ4v) is 2.98. The highest BCUT2D eigenvalue weighted by Gasteiger charge is 2.29. The van der Waals surface area contributed by atoms with Gasteiger partial charge in [-0.05, 0) is 20.8 Å². The molecule has 0 aliphatic heterocycles. The quantitative estimate of drug-likeness (QED) is 0.352. The van der Waals surface area contributed by atoms with E-state index < -0.39 is 7.60 Å². The van der Waals surface area contributed by atoms with Gasteiger partial charge in [-0.1, -0.05) is 0 Å². The Balaban J connectivity index is 1.96. The van der Waals surface area contributed by atoms with Gasteiger partial charge in [0.15, 0.2) is 17.8 Å². The molecule has 0 bridgehead atoms. The molecule has 0 fully saturated rings. The summed E-state index contributed by atoms with van der Waals surface area (Å²) in [6, 6.07) is 0. The summed E-state index contributed by atoms with van der Waals surface area (Å²) >= 11 is 0. The van der Waals surface area contributed by atoms with E-state index in [0.717, 1.165) is 0 Å². The van der Waals surface area contributed by atoms with Crippen molar-refractivity contribution in [3.05, 3.63) is 12.7 Å². The first kappa shape index (κ1) is 19.7. The van der Waals surface area contributed by atoms with Gasteiger partial charge in [0.05, 0.1) is 32.2 Å². The Morgan fingerprint density at radius 3 is 2.52 bits per heavy atom. The maximum Gasteiger partial charge on any atom is 0.409 e. The summed E-state index contributed by atoms with van der Waals surface area (Å²) in [6.07, 6.45) is 2.26. The lowest BCUT2D eigenvalue weighted by molar-refractivity contribution is -0.266. The minimum atomic E-state index is -3.69. The van der Waals surface area contributed by atoms with Gasteiger partial charge in [-0.3, -0.25) is 4.57 Å². The topological polar surface area (TPSA) is 133 Å². The van der Waals surface area contributed by atoms with Crippen LogP contribution in [0.15, 0.2) is 12.7 Å². The molecule has 1 atom stereocenters. The van der Waals surface area contributed by atoms with Crippen LogP contribution in [0.3, 0.4) is 0 Å². The molecule has 0 amide bonds. The summed E-state index contributed by atoms with van der Waals surface area (Å²) < 4.78 is 29.3. The highest BCUT2D eigenvalue weighted by molar-refractivity contribution is 7.53. The van der Waals surface area contributed by atoms with Crippen molar-refractivity contribution in [2.24, 2.45) is 0 Å². The van der Waals surface area contributed by atoms with Crippen LogP contribution in [-0.2, 0) is 35.0 Å². The third kappa shape index (κ3) is 5.43. The standard InChI is InChI=1S/C13H22N5O6P/c1-4-21-23-25(19,24-22-5-2)9-20-10(3)6-18-8-17-11-12(14)15-7-16-13(11)18/h7-8,10H,4-6,9H2,1-3H3,(H2,14,15,16). The molecule has 0 aliphatic rings. The summed E-state index contributed by atoms with van der Waals surface area (Å²) in [4.78, 5) is 21.6. The SMILES string of the molecule is CCOOP(=O)(COC(C)Cn1cnc2c(N)ncnc21)OOCC. The maximum atomic E-state index is 12.4. The Bertz CT molecular complexity index is 714. The molecule has 1 unspecified atom stereocenters. The van der Waals surface area contributed by atoms with Crippen molar-refractivity contribution in [1.29, 1.82) is 0 Å². The van der Waals surface area contributed by atoms with E-state index in [9.17, 15) is 4.57 Å². The van der Waals surface area contributed by atoms with Gasteiger partial charge in [0.25, 0.3) is 0 Å². The average Bonchev–Trinajstić information content (AvgIpc) is 3.01. The molecule has 12 heteroatoms. The predicted octanol–water partition coefficient (Wildman–Crippen LogP) is 1.90. The Kier molecular flexibility index (Phi) is 7.24. The molecular formula is C13H22N5O6P. The number of imidazole rings is 1. The molecule has 0 aliphatic carbocycles. The smallest absolute Gasteiger partial charge is 0.382 e. The van der Waals surface area contributed by atoms with Crippen LogP contribution in [0.5, 0.6) is 0 Å². The second kappa shape index (κ2) is 9.18. The average molecular weight is 375 g/mol. The van der Waals surface area contributed by atoms with E-state index in [1.165, 1.54) is 6.33 Å². The third-order valence-electron chi connectivity index (χ3n) is 2.97. The van der Waals surface area contributed by atoms with Crippen LogP contribution in [0.1, 0.15) is 20.8 Å². The number of hydrogen-bond acceptors (Lipinski definition) is 10. The molecule has 2 aromatic heterocycles. The second-order valence-electron chi connectivity index (χ2n) is 5.01. The number of nitrogens with zero attached hydrogens (tertiary/aromatic N) is 4. The monoisotopic (exact) mass is 375 g/mol. The molecule has 0 saturated heterocycles. The molecule has 0 spiro atoms. The van der Waals surface area contributed by atoms with Crippen LogP contribution in [-0.4, -0.2) is 45.2 Å². The zero-order valence-electron chi connectivity index (χ0n) is 14.3. The van der Waals surface area contributed by atoms with Crippen molar-refractivity contribution in [2.75, 3.05) is 25.3 Å². The molecule has 2 N–H and O–H groups in total. The number of rotatable bonds is 11. The van der Waals surface area contributed by atoms with Gasteiger partial charge in [-0.2, -0.15) is 0 Å². The normalized spacial score (nSPS) is 13.4. The summed E-state index contributed by atoms with van der Waals surface area (Å²) in [6.45, 7) is 5.98. The zero-order valence-corrected chi connectivity index (χ0v) is 15.2. The summed E-state index contributed by atoms with van der Waals surface area (Å²) in [7, 11) is -3.69. The molecule has 25 heavy (non-hydrogen) atoms. The van der Waals surface area contributed by atoms with Gasteiger partial charge in [0, 0.05) is 0 Å². The molecule has 2 rings (SSSR count). The Morgan fingerprint density at radius 2 is 1.88 bits per heavy atom. The van der Waals surface area contributed by atoms with Crippen molar-refractivity contribution < 1.29 is 28.4 Å². The first-order valence-corrected chi connectivity index (χ1v) is 9.46. The van der Waals surface area contributed by atoms with Crippen LogP contribution < -0.4 is 5.73 Å². The predicted molar refractivity (Wildman–Crippen MR) is 88.2 cm³/mol. The largest absolute Gasteiger partial charge is 0.409 e. The van der Waals surface area contributed by atoms with Crippen LogP contribution >= 0.6 is 7.60 Å². The van der Waals surface area contributed by atoms with E-state index in [1.807, 2.05) is 0 Å². The van der Waals surface area contributed by atoms with E-state index in [1.54, 1.807) is 31.7 Å². The van der Waals surface area contributed by atoms with Gasteiger partial charge >= 0.3 is 7.60 Å². The number of nitrogens with two attached hydrogens (primary N) is 1. The number of ether oxygens (including phenoxy) is 1. The lowest BCUT2D eigenvalue weighted by Crippen LogP contribution is -2.18. The van der Waals surface area contributed by atoms with Gasteiger partial charge in [-0.25, -0.2) is 24.7 Å². The third-order valence-corrected chi connectivity index (χ3v) is 4.10. The first-order chi connectivity index (χ1) is 12.0. The number of aromatic nitrogens is 4. The lowest BCUT2D eigenvalue weighted by Gasteiger charge is -2.19. The fourth-order valence-electron chi connectivity index (χ4n) is 1.90. The number of hydrogen-bond donors (Lipinski definition) is 1. The van der Waals surface area contributed by atoms with Gasteiger partial charge in [0.1, 0.15) is 11.8 Å². The zero-order chi connectivity index (χ0) is 18.3. The summed E-state index contributed by atoms with van der Waals surface area (Å²) in [5.74, 6) is 0.303. The minimum absolute atomic E-state index is 0.206. The highest BCUT2D eigenvalue weighted by atomic mass is 31.2. The first-order valence-electron chi connectivity index (χ1n) is 7.73. The van der Waals surface area contributed by atoms with Gasteiger partial charge in [-0.15, -0.1) is 9.35 Å². The van der Waals surface area contributed by atoms with Crippen LogP contribution in [0.25, 0.3) is 11.2 Å². The van der Waals surface area contributed by atoms with Crippen LogP contribution in [0.4, 0.5) is 5.82 Å². The fraction of sp³-hybridized carbons (Fsp3) is 0.615. The van der Waals surface area contributed by atoms with Crippen molar-refractivity contribution in [1.82, 2.24) is 19.5 Å². The summed E-state index contributed by atoms with van der Waals surface area (Å²) in [5, 5.41) is 0. The van der Waals surface area contributed by atoms with E-state index in [4.69, 9.17) is 29.6 Å². The molecule has 2 heterocycles. The summed E-state index contributed by atoms with van der Waals surface area (Å²) in [5.41, 5.74) is 6.85. The molecule has 0 radical (unpaired) electrons. The molecule has 0 aromatic carbocycles. The number of fused-ring (bicyclic) bond motifs is 1. The number of anilines is 1. The molecule has 140 valence electrons. The van der Waals surface area contributed by atoms with Gasteiger partial charge < -0.3 is 15.0 Å². The molecule has 2 aromatic rings. The maximum absolute atomic E-state index is 12.4. The van der Waals surface area contributed by atoms with Crippen molar-refractivity contribution in [2.45, 2.75) is 33.4 Å². The van der Waals surface area contributed by atoms with Crippen molar-refractivity contribution in [3.63, 3.8) is 0 Å². The lowest BCUT2D eigenvalue weighted by atomic mass is 10.4. The number of nitrogen functional groups attached to an aromatic ring is 1. The van der Waals surface area contributed by atoms with Crippen LogP contribution in [0.2, 0.25) is 0 Å². The Hall–Kier alpha value is -1.62. The van der Waals surface area contributed by atoms with Crippen LogP contribution in [0, 0.1) is 0 Å². The molecular weight excluding hydrogens is 353 g/mol. The van der Waals surface area contributed by atoms with Crippen molar-refractivity contribution in [3.8, 4) is 0 Å². The molecule has 0 saturated carbocycles. The van der Waals surface area contributed by atoms with E-state index in [0.29, 0.717) is 23.5 Å². The minimum Gasteiger partial charge on any atom is -0.382 e. The van der Waals surface area contributed by atoms with Gasteiger partial charge in [0.2, 0.25) is 0 Å².